The summed E-state index contributed by atoms with van der Waals surface area (Å²) in [7, 11) is -4.15. The van der Waals surface area contributed by atoms with Crippen LogP contribution in [0.15, 0.2) is 71.9 Å². The number of nitrogens with one attached hydrogen (secondary N) is 2. The highest BCUT2D eigenvalue weighted by Crippen LogP contribution is 2.22. The second kappa shape index (κ2) is 11.8. The van der Waals surface area contributed by atoms with Gasteiger partial charge in [0.15, 0.2) is 17.0 Å². The summed E-state index contributed by atoms with van der Waals surface area (Å²) in [5, 5.41) is 6.92. The number of aromatic nitrogens is 1. The highest BCUT2D eigenvalue weighted by Gasteiger charge is 2.39. The lowest BCUT2D eigenvalue weighted by molar-refractivity contribution is -0.131. The maximum Gasteiger partial charge on any atom is 0.262 e. The zero-order valence-electron chi connectivity index (χ0n) is 21.5. The molecule has 0 bridgehead atoms. The van der Waals surface area contributed by atoms with Gasteiger partial charge in [-0.25, -0.2) is 13.4 Å². The number of carbonyl (C=O) groups excluding carboxylic acids is 3. The van der Waals surface area contributed by atoms with Gasteiger partial charge in [0, 0.05) is 24.7 Å². The molecule has 2 amide bonds. The van der Waals surface area contributed by atoms with E-state index in [0.29, 0.717) is 24.8 Å². The lowest BCUT2D eigenvalue weighted by Gasteiger charge is -2.30. The fourth-order valence-electron chi connectivity index (χ4n) is 4.62. The second-order valence-corrected chi connectivity index (χ2v) is 11.6. The van der Waals surface area contributed by atoms with Crippen LogP contribution in [-0.2, 0) is 19.6 Å². The molecule has 1 unspecified atom stereocenters. The second-order valence-electron chi connectivity index (χ2n) is 9.80. The van der Waals surface area contributed by atoms with E-state index < -0.39 is 39.8 Å². The molecule has 1 aliphatic rings. The van der Waals surface area contributed by atoms with E-state index in [1.165, 1.54) is 12.3 Å². The SMILES string of the molecule is CC(C)CC(NC(=O)c1cccc2ccccc12)C(=O)N[C@@H]1C(=O)CCCCN1S(=O)(=O)c1ccccn1. The molecule has 2 heterocycles. The van der Waals surface area contributed by atoms with Crippen LogP contribution in [0.5, 0.6) is 0 Å². The molecule has 0 aliphatic carbocycles. The molecule has 1 aliphatic heterocycles. The molecule has 1 fully saturated rings. The lowest BCUT2D eigenvalue weighted by atomic mass is 10.0. The lowest BCUT2D eigenvalue weighted by Crippen LogP contribution is -2.58. The Bertz CT molecular complexity index is 1420. The van der Waals surface area contributed by atoms with Crippen molar-refractivity contribution in [1.82, 2.24) is 19.9 Å². The number of ketones is 1. The van der Waals surface area contributed by atoms with Gasteiger partial charge in [0.2, 0.25) is 5.91 Å². The number of carbonyl (C=O) groups is 3. The van der Waals surface area contributed by atoms with Gasteiger partial charge in [-0.1, -0.05) is 56.3 Å². The van der Waals surface area contributed by atoms with Gasteiger partial charge in [0.05, 0.1) is 0 Å². The number of fused-ring (bicyclic) bond motifs is 1. The number of hydrogen-bond acceptors (Lipinski definition) is 6. The minimum atomic E-state index is -4.15. The molecule has 9 nitrogen and oxygen atoms in total. The quantitative estimate of drug-likeness (QED) is 0.455. The Morgan fingerprint density at radius 2 is 1.76 bits per heavy atom. The Morgan fingerprint density at radius 3 is 2.50 bits per heavy atom. The summed E-state index contributed by atoms with van der Waals surface area (Å²) < 4.78 is 27.8. The van der Waals surface area contributed by atoms with Crippen molar-refractivity contribution in [3.8, 4) is 0 Å². The standard InChI is InChI=1S/C28H32N4O5S/c1-19(2)18-23(30-27(34)22-13-9-11-20-10-3-4-12-21(20)22)28(35)31-26-24(33)14-6-8-17-32(26)38(36,37)25-15-5-7-16-29-25/h3-5,7,9-13,15-16,19,23,26H,6,8,14,17-18H2,1-2H3,(H,30,34)(H,31,35)/t23?,26-/m0/s1. The fraction of sp³-hybridized carbons (Fsp3) is 0.357. The van der Waals surface area contributed by atoms with Crippen LogP contribution in [0.2, 0.25) is 0 Å². The third-order valence-electron chi connectivity index (χ3n) is 6.50. The molecule has 2 N–H and O–H groups in total. The van der Waals surface area contributed by atoms with Crippen LogP contribution in [0.4, 0.5) is 0 Å². The Balaban J connectivity index is 1.60. The maximum absolute atomic E-state index is 13.5. The Kier molecular flexibility index (Phi) is 8.53. The van der Waals surface area contributed by atoms with Gasteiger partial charge in [0.25, 0.3) is 15.9 Å². The number of benzene rings is 2. The molecule has 0 saturated carbocycles. The number of hydrogen-bond donors (Lipinski definition) is 2. The van der Waals surface area contributed by atoms with Crippen molar-refractivity contribution in [3.05, 3.63) is 72.4 Å². The van der Waals surface area contributed by atoms with Gasteiger partial charge in [0.1, 0.15) is 6.04 Å². The van der Waals surface area contributed by atoms with Crippen molar-refractivity contribution >= 4 is 38.4 Å². The van der Waals surface area contributed by atoms with Crippen LogP contribution in [0.1, 0.15) is 49.9 Å². The molecule has 1 aromatic heterocycles. The summed E-state index contributed by atoms with van der Waals surface area (Å²) in [6.45, 7) is 3.89. The van der Waals surface area contributed by atoms with Crippen molar-refractivity contribution < 1.29 is 22.8 Å². The third-order valence-corrected chi connectivity index (χ3v) is 8.28. The molecular weight excluding hydrogens is 504 g/mol. The number of rotatable bonds is 8. The summed E-state index contributed by atoms with van der Waals surface area (Å²) in [6, 6.07) is 16.4. The summed E-state index contributed by atoms with van der Waals surface area (Å²) in [6.07, 6.45) is 1.39. The number of Topliss-reactive ketones (excluding diaryl/α,β-unsaturated/α-hetero) is 1. The number of amides is 2. The summed E-state index contributed by atoms with van der Waals surface area (Å²) >= 11 is 0. The maximum atomic E-state index is 13.5. The van der Waals surface area contributed by atoms with Crippen molar-refractivity contribution in [2.45, 2.75) is 56.8 Å². The Hall–Kier alpha value is -3.63. The molecular formula is C28H32N4O5S. The predicted octanol–water partition coefficient (Wildman–Crippen LogP) is 3.27. The van der Waals surface area contributed by atoms with E-state index in [-0.39, 0.29) is 23.9 Å². The monoisotopic (exact) mass is 536 g/mol. The van der Waals surface area contributed by atoms with Crippen molar-refractivity contribution in [1.29, 1.82) is 0 Å². The molecule has 38 heavy (non-hydrogen) atoms. The Labute approximate surface area is 222 Å². The number of pyridine rings is 1. The number of sulfonamides is 1. The van der Waals surface area contributed by atoms with Gasteiger partial charge in [-0.15, -0.1) is 0 Å². The van der Waals surface area contributed by atoms with Gasteiger partial charge in [-0.2, -0.15) is 4.31 Å². The van der Waals surface area contributed by atoms with Crippen LogP contribution in [-0.4, -0.2) is 54.1 Å². The van der Waals surface area contributed by atoms with Crippen LogP contribution in [0.25, 0.3) is 10.8 Å². The molecule has 0 spiro atoms. The minimum absolute atomic E-state index is 0.0387. The molecule has 2 aromatic carbocycles. The average molecular weight is 537 g/mol. The molecule has 200 valence electrons. The average Bonchev–Trinajstić information content (AvgIpc) is 3.09. The van der Waals surface area contributed by atoms with Gasteiger partial charge in [-0.05, 0) is 54.2 Å². The van der Waals surface area contributed by atoms with E-state index in [0.717, 1.165) is 15.1 Å². The molecule has 1 saturated heterocycles. The normalized spacial score (nSPS) is 17.7. The molecule has 2 atom stereocenters. The van der Waals surface area contributed by atoms with Gasteiger partial charge < -0.3 is 10.6 Å². The topological polar surface area (TPSA) is 126 Å². The molecule has 0 radical (unpaired) electrons. The van der Waals surface area contributed by atoms with E-state index in [9.17, 15) is 22.8 Å². The molecule has 3 aromatic rings. The summed E-state index contributed by atoms with van der Waals surface area (Å²) in [5.74, 6) is -1.41. The largest absolute Gasteiger partial charge is 0.340 e. The van der Waals surface area contributed by atoms with Crippen LogP contribution in [0.3, 0.4) is 0 Å². The van der Waals surface area contributed by atoms with Crippen LogP contribution < -0.4 is 10.6 Å². The highest BCUT2D eigenvalue weighted by atomic mass is 32.2. The minimum Gasteiger partial charge on any atom is -0.340 e. The predicted molar refractivity (Wildman–Crippen MR) is 144 cm³/mol. The zero-order chi connectivity index (χ0) is 27.3. The summed E-state index contributed by atoms with van der Waals surface area (Å²) in [5.41, 5.74) is 0.426. The van der Waals surface area contributed by atoms with E-state index in [4.69, 9.17) is 0 Å². The first kappa shape index (κ1) is 27.4. The first-order valence-corrected chi connectivity index (χ1v) is 14.2. The zero-order valence-corrected chi connectivity index (χ0v) is 22.3. The fourth-order valence-corrected chi connectivity index (χ4v) is 6.12. The third kappa shape index (κ3) is 6.08. The van der Waals surface area contributed by atoms with Gasteiger partial charge >= 0.3 is 0 Å². The first-order chi connectivity index (χ1) is 18.2. The molecule has 4 rings (SSSR count). The Morgan fingerprint density at radius 1 is 1.03 bits per heavy atom. The van der Waals surface area contributed by atoms with E-state index in [2.05, 4.69) is 15.6 Å². The highest BCUT2D eigenvalue weighted by molar-refractivity contribution is 7.89. The first-order valence-electron chi connectivity index (χ1n) is 12.7. The van der Waals surface area contributed by atoms with Gasteiger partial charge in [-0.3, -0.25) is 14.4 Å². The van der Waals surface area contributed by atoms with Crippen molar-refractivity contribution in [2.24, 2.45) is 5.92 Å². The van der Waals surface area contributed by atoms with Crippen LogP contribution >= 0.6 is 0 Å². The van der Waals surface area contributed by atoms with Crippen molar-refractivity contribution in [3.63, 3.8) is 0 Å². The van der Waals surface area contributed by atoms with E-state index >= 15 is 0 Å². The van der Waals surface area contributed by atoms with E-state index in [1.54, 1.807) is 24.3 Å². The van der Waals surface area contributed by atoms with Crippen molar-refractivity contribution in [2.75, 3.05) is 6.54 Å². The smallest absolute Gasteiger partial charge is 0.262 e. The summed E-state index contributed by atoms with van der Waals surface area (Å²) in [4.78, 5) is 43.8. The van der Waals surface area contributed by atoms with E-state index in [1.807, 2.05) is 44.2 Å². The number of nitrogens with zero attached hydrogens (tertiary/aromatic N) is 2. The molecule has 10 heteroatoms. The van der Waals surface area contributed by atoms with Crippen LogP contribution in [0, 0.1) is 5.92 Å².